The van der Waals surface area contributed by atoms with E-state index in [-0.39, 0.29) is 25.4 Å². The van der Waals surface area contributed by atoms with Gasteiger partial charge in [0.2, 0.25) is 0 Å². The number of halogens is 3. The molecule has 0 radical (unpaired) electrons. The van der Waals surface area contributed by atoms with Crippen LogP contribution in [0, 0.1) is 0 Å². The summed E-state index contributed by atoms with van der Waals surface area (Å²) >= 11 is 0. The Morgan fingerprint density at radius 1 is 1.13 bits per heavy atom. The molecule has 1 aromatic heterocycles. The van der Waals surface area contributed by atoms with Gasteiger partial charge in [-0.05, 0) is 30.2 Å². The Balaban J connectivity index is 1.77. The molecule has 0 aliphatic heterocycles. The summed E-state index contributed by atoms with van der Waals surface area (Å²) in [4.78, 5) is 23.4. The van der Waals surface area contributed by atoms with Gasteiger partial charge in [0.25, 0.3) is 5.91 Å². The first kappa shape index (κ1) is 22.1. The Morgan fingerprint density at radius 2 is 1.84 bits per heavy atom. The number of benzene rings is 2. The Bertz CT molecular complexity index is 1120. The van der Waals surface area contributed by atoms with E-state index in [1.807, 2.05) is 0 Å². The largest absolute Gasteiger partial charge is 0.481 e. The summed E-state index contributed by atoms with van der Waals surface area (Å²) in [6, 6.07) is 9.92. The Hall–Kier alpha value is -3.62. The number of carbonyl (C=O) groups is 2. The molecule has 31 heavy (non-hydrogen) atoms. The van der Waals surface area contributed by atoms with E-state index in [2.05, 4.69) is 17.0 Å². The van der Waals surface area contributed by atoms with Gasteiger partial charge in [0, 0.05) is 11.9 Å². The van der Waals surface area contributed by atoms with Crippen molar-refractivity contribution < 1.29 is 27.9 Å². The molecular weight excluding hydrogens is 411 g/mol. The Kier molecular flexibility index (Phi) is 6.43. The highest BCUT2D eigenvalue weighted by atomic mass is 19.4. The second-order valence-electron chi connectivity index (χ2n) is 7.07. The topological polar surface area (TPSA) is 84.2 Å². The van der Waals surface area contributed by atoms with Crippen molar-refractivity contribution in [2.45, 2.75) is 25.6 Å². The number of carbonyl (C=O) groups excluding carboxylic acids is 1. The molecule has 0 unspecified atom stereocenters. The van der Waals surface area contributed by atoms with Crippen molar-refractivity contribution >= 4 is 22.8 Å². The number of alkyl halides is 3. The molecule has 0 spiro atoms. The molecule has 9 heteroatoms. The number of fused-ring (bicyclic) bond motifs is 1. The average molecular weight is 431 g/mol. The van der Waals surface area contributed by atoms with Crippen LogP contribution in [0.15, 0.2) is 60.8 Å². The maximum Gasteiger partial charge on any atom is 0.416 e. The van der Waals surface area contributed by atoms with Crippen molar-refractivity contribution in [3.8, 4) is 0 Å². The van der Waals surface area contributed by atoms with Gasteiger partial charge >= 0.3 is 12.1 Å². The maximum absolute atomic E-state index is 12.8. The van der Waals surface area contributed by atoms with Crippen LogP contribution in [-0.2, 0) is 17.5 Å². The third-order valence-electron chi connectivity index (χ3n) is 4.69. The van der Waals surface area contributed by atoms with E-state index in [0.29, 0.717) is 28.6 Å². The lowest BCUT2D eigenvalue weighted by molar-refractivity contribution is -0.138. The standard InChI is InChI=1S/C22H20F3N3O3/c1-14(11-19(29)30)9-10-26-21(31)18-4-2-3-16-12-27-28(20(16)18)13-15-5-7-17(8-6-15)22(23,24)25/h2-8,12H,1,9-11,13H2,(H,26,31)(H,29,30). The molecule has 2 N–H and O–H groups in total. The van der Waals surface area contributed by atoms with Gasteiger partial charge in [-0.3, -0.25) is 14.3 Å². The number of nitrogens with one attached hydrogen (secondary N) is 1. The first-order chi connectivity index (χ1) is 14.6. The molecule has 0 saturated heterocycles. The van der Waals surface area contributed by atoms with Crippen LogP contribution in [0.5, 0.6) is 0 Å². The number of aliphatic carboxylic acids is 1. The van der Waals surface area contributed by atoms with Crippen LogP contribution >= 0.6 is 0 Å². The SMILES string of the molecule is C=C(CCNC(=O)c1cccc2cnn(Cc3ccc(C(F)(F)F)cc3)c12)CC(=O)O. The molecule has 0 saturated carbocycles. The molecule has 0 aliphatic carbocycles. The van der Waals surface area contributed by atoms with Crippen molar-refractivity contribution in [3.05, 3.63) is 77.5 Å². The molecule has 1 heterocycles. The number of rotatable bonds is 8. The zero-order valence-corrected chi connectivity index (χ0v) is 16.4. The molecule has 0 aliphatic rings. The molecule has 3 rings (SSSR count). The smallest absolute Gasteiger partial charge is 0.416 e. The maximum atomic E-state index is 12.8. The summed E-state index contributed by atoms with van der Waals surface area (Å²) in [5.74, 6) is -1.34. The van der Waals surface area contributed by atoms with Crippen molar-refractivity contribution in [2.24, 2.45) is 0 Å². The van der Waals surface area contributed by atoms with Gasteiger partial charge in [0.15, 0.2) is 0 Å². The quantitative estimate of drug-likeness (QED) is 0.522. The normalized spacial score (nSPS) is 11.5. The van der Waals surface area contributed by atoms with E-state index >= 15 is 0 Å². The fraction of sp³-hybridized carbons (Fsp3) is 0.227. The van der Waals surface area contributed by atoms with Crippen molar-refractivity contribution in [2.75, 3.05) is 6.54 Å². The van der Waals surface area contributed by atoms with Gasteiger partial charge in [-0.2, -0.15) is 18.3 Å². The summed E-state index contributed by atoms with van der Waals surface area (Å²) in [6.07, 6.45) is -2.65. The van der Waals surface area contributed by atoms with Gasteiger partial charge < -0.3 is 10.4 Å². The summed E-state index contributed by atoms with van der Waals surface area (Å²) in [7, 11) is 0. The predicted molar refractivity (Wildman–Crippen MR) is 109 cm³/mol. The number of carboxylic acids is 1. The van der Waals surface area contributed by atoms with E-state index in [0.717, 1.165) is 17.5 Å². The van der Waals surface area contributed by atoms with E-state index in [1.54, 1.807) is 29.1 Å². The van der Waals surface area contributed by atoms with E-state index < -0.39 is 17.7 Å². The number of nitrogens with zero attached hydrogens (tertiary/aromatic N) is 2. The van der Waals surface area contributed by atoms with Crippen LogP contribution in [0.3, 0.4) is 0 Å². The van der Waals surface area contributed by atoms with E-state index in [4.69, 9.17) is 5.11 Å². The lowest BCUT2D eigenvalue weighted by Gasteiger charge is -2.11. The van der Waals surface area contributed by atoms with Gasteiger partial charge in [0.1, 0.15) is 0 Å². The molecule has 0 fully saturated rings. The van der Waals surface area contributed by atoms with Crippen LogP contribution in [0.25, 0.3) is 10.9 Å². The predicted octanol–water partition coefficient (Wildman–Crippen LogP) is 4.25. The molecule has 6 nitrogen and oxygen atoms in total. The van der Waals surface area contributed by atoms with Crippen LogP contribution in [-0.4, -0.2) is 33.3 Å². The third kappa shape index (κ3) is 5.50. The fourth-order valence-corrected chi connectivity index (χ4v) is 3.17. The second kappa shape index (κ2) is 9.03. The van der Waals surface area contributed by atoms with Gasteiger partial charge in [-0.25, -0.2) is 0 Å². The first-order valence-electron chi connectivity index (χ1n) is 9.42. The molecule has 0 bridgehead atoms. The zero-order valence-electron chi connectivity index (χ0n) is 16.4. The zero-order chi connectivity index (χ0) is 22.6. The summed E-state index contributed by atoms with van der Waals surface area (Å²) in [6.45, 7) is 4.10. The van der Waals surface area contributed by atoms with Gasteiger partial charge in [-0.1, -0.05) is 36.4 Å². The average Bonchev–Trinajstić information content (AvgIpc) is 3.10. The summed E-state index contributed by atoms with van der Waals surface area (Å²) in [5, 5.41) is 16.5. The second-order valence-corrected chi connectivity index (χ2v) is 7.07. The third-order valence-corrected chi connectivity index (χ3v) is 4.69. The van der Waals surface area contributed by atoms with Crippen molar-refractivity contribution in [1.29, 1.82) is 0 Å². The molecule has 162 valence electrons. The molecule has 0 atom stereocenters. The molecule has 3 aromatic rings. The monoisotopic (exact) mass is 431 g/mol. The number of aromatic nitrogens is 2. The van der Waals surface area contributed by atoms with E-state index in [1.165, 1.54) is 12.1 Å². The van der Waals surface area contributed by atoms with Crippen LogP contribution < -0.4 is 5.32 Å². The van der Waals surface area contributed by atoms with Crippen LogP contribution in [0.1, 0.15) is 34.3 Å². The lowest BCUT2D eigenvalue weighted by atomic mass is 10.1. The van der Waals surface area contributed by atoms with E-state index in [9.17, 15) is 22.8 Å². The summed E-state index contributed by atoms with van der Waals surface area (Å²) in [5.41, 5.74) is 1.30. The Morgan fingerprint density at radius 3 is 2.48 bits per heavy atom. The highest BCUT2D eigenvalue weighted by molar-refractivity contribution is 6.05. The Labute approximate surface area is 176 Å². The lowest BCUT2D eigenvalue weighted by Crippen LogP contribution is -2.25. The molecular formula is C22H20F3N3O3. The summed E-state index contributed by atoms with van der Waals surface area (Å²) < 4.78 is 39.9. The number of carboxylic acid groups (broad SMARTS) is 1. The number of hydrogen-bond acceptors (Lipinski definition) is 3. The first-order valence-corrected chi connectivity index (χ1v) is 9.42. The minimum atomic E-state index is -4.40. The molecule has 2 aromatic carbocycles. The molecule has 1 amide bonds. The minimum Gasteiger partial charge on any atom is -0.481 e. The number of hydrogen-bond donors (Lipinski definition) is 2. The highest BCUT2D eigenvalue weighted by Crippen LogP contribution is 2.29. The van der Waals surface area contributed by atoms with Gasteiger partial charge in [-0.15, -0.1) is 0 Å². The highest BCUT2D eigenvalue weighted by Gasteiger charge is 2.30. The van der Waals surface area contributed by atoms with Crippen molar-refractivity contribution in [1.82, 2.24) is 15.1 Å². The van der Waals surface area contributed by atoms with Crippen LogP contribution in [0.4, 0.5) is 13.2 Å². The fourth-order valence-electron chi connectivity index (χ4n) is 3.17. The minimum absolute atomic E-state index is 0.161. The van der Waals surface area contributed by atoms with Gasteiger partial charge in [0.05, 0.1) is 35.8 Å². The van der Waals surface area contributed by atoms with Crippen molar-refractivity contribution in [3.63, 3.8) is 0 Å². The number of amides is 1. The van der Waals surface area contributed by atoms with Crippen LogP contribution in [0.2, 0.25) is 0 Å². The number of para-hydroxylation sites is 1.